The van der Waals surface area contributed by atoms with E-state index in [1.165, 1.54) is 18.7 Å². The van der Waals surface area contributed by atoms with Crippen molar-refractivity contribution in [1.29, 1.82) is 0 Å². The fourth-order valence-corrected chi connectivity index (χ4v) is 2.21. The average Bonchev–Trinajstić information content (AvgIpc) is 2.38. The first kappa shape index (κ1) is 16.6. The molecule has 1 unspecified atom stereocenters. The second-order valence-corrected chi connectivity index (χ2v) is 5.36. The Hall–Kier alpha value is -1.41. The van der Waals surface area contributed by atoms with Gasteiger partial charge in [-0.25, -0.2) is 8.78 Å². The van der Waals surface area contributed by atoms with Crippen LogP contribution in [-0.2, 0) is 0 Å². The summed E-state index contributed by atoms with van der Waals surface area (Å²) in [7, 11) is 0. The third-order valence-corrected chi connectivity index (χ3v) is 3.37. The van der Waals surface area contributed by atoms with E-state index < -0.39 is 40.3 Å². The van der Waals surface area contributed by atoms with E-state index >= 15 is 0 Å². The number of phenolic OH excluding ortho intramolecular Hbond substituents is 1. The van der Waals surface area contributed by atoms with Crippen molar-refractivity contribution in [3.8, 4) is 5.75 Å². The lowest BCUT2D eigenvalue weighted by Crippen LogP contribution is -2.42. The predicted octanol–water partition coefficient (Wildman–Crippen LogP) is 1.65. The van der Waals surface area contributed by atoms with E-state index in [1.54, 1.807) is 6.26 Å². The average molecular weight is 309 g/mol. The van der Waals surface area contributed by atoms with Crippen molar-refractivity contribution in [2.75, 3.05) is 18.6 Å². The van der Waals surface area contributed by atoms with E-state index in [9.17, 15) is 23.1 Å². The zero-order valence-electron chi connectivity index (χ0n) is 10.8. The minimum Gasteiger partial charge on any atom is -0.503 e. The molecule has 112 valence electrons. The van der Waals surface area contributed by atoms with Gasteiger partial charge in [-0.3, -0.25) is 4.79 Å². The summed E-state index contributed by atoms with van der Waals surface area (Å²) in [6.45, 7) is 1.26. The number of aliphatic hydroxyl groups is 1. The van der Waals surface area contributed by atoms with E-state index in [2.05, 4.69) is 5.32 Å². The molecule has 1 rings (SSSR count). The number of hydrogen-bond acceptors (Lipinski definition) is 4. The van der Waals surface area contributed by atoms with Crippen LogP contribution in [0.15, 0.2) is 6.07 Å². The van der Waals surface area contributed by atoms with Crippen molar-refractivity contribution in [3.05, 3.63) is 29.1 Å². The van der Waals surface area contributed by atoms with Crippen molar-refractivity contribution >= 4 is 17.7 Å². The second kappa shape index (κ2) is 6.36. The summed E-state index contributed by atoms with van der Waals surface area (Å²) in [6.07, 6.45) is 1.75. The number of phenols is 1. The van der Waals surface area contributed by atoms with Gasteiger partial charge in [0.05, 0.1) is 11.2 Å². The van der Waals surface area contributed by atoms with Gasteiger partial charge in [0.25, 0.3) is 5.91 Å². The maximum absolute atomic E-state index is 13.5. The summed E-state index contributed by atoms with van der Waals surface area (Å²) in [6, 6.07) is 0.350. The van der Waals surface area contributed by atoms with Gasteiger partial charge in [-0.15, -0.1) is 0 Å². The quantitative estimate of drug-likeness (QED) is 0.724. The highest BCUT2D eigenvalue weighted by Gasteiger charge is 2.25. The first-order chi connectivity index (χ1) is 9.19. The molecule has 0 aromatic heterocycles. The van der Waals surface area contributed by atoms with E-state index in [-0.39, 0.29) is 6.54 Å². The third kappa shape index (κ3) is 3.80. The Bertz CT molecular complexity index is 523. The van der Waals surface area contributed by atoms with Crippen molar-refractivity contribution in [2.45, 2.75) is 12.5 Å². The summed E-state index contributed by atoms with van der Waals surface area (Å²) in [5, 5.41) is 21.0. The third-order valence-electron chi connectivity index (χ3n) is 2.46. The number of benzene rings is 1. The summed E-state index contributed by atoms with van der Waals surface area (Å²) in [5.74, 6) is -7.13. The molecule has 0 saturated carbocycles. The first-order valence-electron chi connectivity index (χ1n) is 5.55. The number of nitrogens with one attached hydrogen (secondary N) is 1. The van der Waals surface area contributed by atoms with Crippen molar-refractivity contribution in [3.63, 3.8) is 0 Å². The molecular weight excluding hydrogens is 295 g/mol. The molecule has 0 aliphatic carbocycles. The molecule has 0 bridgehead atoms. The number of amides is 1. The molecule has 0 saturated heterocycles. The Kier molecular flexibility index (Phi) is 5.29. The number of carbonyl (C=O) groups excluding carboxylic acids is 1. The van der Waals surface area contributed by atoms with Crippen LogP contribution in [0.25, 0.3) is 0 Å². The number of rotatable bonds is 5. The maximum Gasteiger partial charge on any atom is 0.254 e. The largest absolute Gasteiger partial charge is 0.503 e. The fourth-order valence-electron chi connectivity index (χ4n) is 1.48. The van der Waals surface area contributed by atoms with Gasteiger partial charge >= 0.3 is 0 Å². The summed E-state index contributed by atoms with van der Waals surface area (Å²) in [5.41, 5.74) is -2.06. The van der Waals surface area contributed by atoms with Crippen LogP contribution in [0.4, 0.5) is 13.2 Å². The summed E-state index contributed by atoms with van der Waals surface area (Å²) in [4.78, 5) is 11.7. The molecule has 1 aromatic rings. The molecule has 0 spiro atoms. The van der Waals surface area contributed by atoms with Crippen LogP contribution in [0.3, 0.4) is 0 Å². The Labute approximate surface area is 118 Å². The molecule has 0 aliphatic heterocycles. The fraction of sp³-hybridized carbons (Fsp3) is 0.417. The number of carbonyl (C=O) groups is 1. The SMILES string of the molecule is CSCC(C)(O)CNC(=O)c1cc(F)c(F)c(O)c1F. The highest BCUT2D eigenvalue weighted by Crippen LogP contribution is 2.25. The van der Waals surface area contributed by atoms with Crippen LogP contribution in [0, 0.1) is 17.5 Å². The number of aromatic hydroxyl groups is 1. The van der Waals surface area contributed by atoms with Crippen LogP contribution in [-0.4, -0.2) is 40.3 Å². The van der Waals surface area contributed by atoms with Crippen LogP contribution in [0.1, 0.15) is 17.3 Å². The highest BCUT2D eigenvalue weighted by atomic mass is 32.2. The topological polar surface area (TPSA) is 69.6 Å². The zero-order valence-corrected chi connectivity index (χ0v) is 11.7. The molecule has 20 heavy (non-hydrogen) atoms. The van der Waals surface area contributed by atoms with E-state index in [0.717, 1.165) is 0 Å². The molecular formula is C12H14F3NO3S. The lowest BCUT2D eigenvalue weighted by Gasteiger charge is -2.22. The van der Waals surface area contributed by atoms with E-state index in [4.69, 9.17) is 5.11 Å². The van der Waals surface area contributed by atoms with Crippen molar-refractivity contribution in [1.82, 2.24) is 5.32 Å². The second-order valence-electron chi connectivity index (χ2n) is 4.50. The van der Waals surface area contributed by atoms with Gasteiger partial charge in [0.2, 0.25) is 5.82 Å². The summed E-state index contributed by atoms with van der Waals surface area (Å²) < 4.78 is 39.4. The minimum absolute atomic E-state index is 0.203. The molecule has 1 aromatic carbocycles. The molecule has 0 aliphatic rings. The lowest BCUT2D eigenvalue weighted by atomic mass is 10.1. The lowest BCUT2D eigenvalue weighted by molar-refractivity contribution is 0.0722. The molecule has 0 heterocycles. The molecule has 8 heteroatoms. The Morgan fingerprint density at radius 3 is 2.55 bits per heavy atom. The van der Waals surface area contributed by atoms with Gasteiger partial charge in [-0.05, 0) is 19.2 Å². The van der Waals surface area contributed by atoms with Crippen molar-refractivity contribution in [2.24, 2.45) is 0 Å². The smallest absolute Gasteiger partial charge is 0.254 e. The van der Waals surface area contributed by atoms with Gasteiger partial charge in [-0.2, -0.15) is 16.2 Å². The van der Waals surface area contributed by atoms with Gasteiger partial charge in [-0.1, -0.05) is 0 Å². The van der Waals surface area contributed by atoms with Crippen LogP contribution in [0.2, 0.25) is 0 Å². The molecule has 0 fully saturated rings. The molecule has 3 N–H and O–H groups in total. The van der Waals surface area contributed by atoms with Gasteiger partial charge in [0, 0.05) is 12.3 Å². The van der Waals surface area contributed by atoms with Gasteiger partial charge < -0.3 is 15.5 Å². The Morgan fingerprint density at radius 2 is 2.00 bits per heavy atom. The first-order valence-corrected chi connectivity index (χ1v) is 6.95. The van der Waals surface area contributed by atoms with E-state index in [1.807, 2.05) is 0 Å². The molecule has 1 atom stereocenters. The Morgan fingerprint density at radius 1 is 1.40 bits per heavy atom. The van der Waals surface area contributed by atoms with E-state index in [0.29, 0.717) is 11.8 Å². The predicted molar refractivity (Wildman–Crippen MR) is 69.3 cm³/mol. The molecule has 4 nitrogen and oxygen atoms in total. The standard InChI is InChI=1S/C12H14F3NO3S/c1-12(19,5-20-2)4-16-11(18)6-3-7(13)9(15)10(17)8(6)14/h3,17,19H,4-5H2,1-2H3,(H,16,18). The maximum atomic E-state index is 13.5. The van der Waals surface area contributed by atoms with Crippen LogP contribution in [0.5, 0.6) is 5.75 Å². The zero-order chi connectivity index (χ0) is 15.5. The molecule has 1 amide bonds. The van der Waals surface area contributed by atoms with Crippen molar-refractivity contribution < 1.29 is 28.2 Å². The monoisotopic (exact) mass is 309 g/mol. The highest BCUT2D eigenvalue weighted by molar-refractivity contribution is 7.98. The Balaban J connectivity index is 2.89. The summed E-state index contributed by atoms with van der Waals surface area (Å²) >= 11 is 1.34. The number of hydrogen-bond donors (Lipinski definition) is 3. The number of halogens is 3. The van der Waals surface area contributed by atoms with Gasteiger partial charge in [0.15, 0.2) is 17.4 Å². The number of thioether (sulfide) groups is 1. The van der Waals surface area contributed by atoms with Crippen LogP contribution < -0.4 is 5.32 Å². The molecule has 0 radical (unpaired) electrons. The van der Waals surface area contributed by atoms with Gasteiger partial charge in [0.1, 0.15) is 0 Å². The minimum atomic E-state index is -1.76. The normalized spacial score (nSPS) is 13.9. The van der Waals surface area contributed by atoms with Crippen LogP contribution >= 0.6 is 11.8 Å².